The number of nitrogens with zero attached hydrogens (tertiary/aromatic N) is 1. The minimum atomic E-state index is -3.64. The number of hydrogen-bond acceptors (Lipinski definition) is 4. The van der Waals surface area contributed by atoms with Gasteiger partial charge in [0, 0.05) is 13.1 Å². The van der Waals surface area contributed by atoms with Gasteiger partial charge in [0.1, 0.15) is 12.4 Å². The van der Waals surface area contributed by atoms with Crippen molar-refractivity contribution in [3.05, 3.63) is 83.9 Å². The molecule has 1 aliphatic heterocycles. The predicted molar refractivity (Wildman–Crippen MR) is 119 cm³/mol. The van der Waals surface area contributed by atoms with Crippen LogP contribution in [0.2, 0.25) is 0 Å². The average molecular weight is 437 g/mol. The molecule has 0 spiro atoms. The highest BCUT2D eigenvalue weighted by molar-refractivity contribution is 7.89. The highest BCUT2D eigenvalue weighted by Gasteiger charge is 2.28. The maximum Gasteiger partial charge on any atom is 0.252 e. The molecule has 4 rings (SSSR count). The number of carbonyl (C=O) groups is 1. The van der Waals surface area contributed by atoms with E-state index in [4.69, 9.17) is 10.5 Å². The number of carbonyl (C=O) groups excluding carboxylic acids is 1. The first kappa shape index (κ1) is 21.1. The van der Waals surface area contributed by atoms with Crippen LogP contribution in [0, 0.1) is 0 Å². The maximum atomic E-state index is 12.8. The molecule has 6 nitrogen and oxygen atoms in total. The quantitative estimate of drug-likeness (QED) is 0.610. The number of benzene rings is 3. The Morgan fingerprint density at radius 2 is 1.55 bits per heavy atom. The summed E-state index contributed by atoms with van der Waals surface area (Å²) >= 11 is 0. The summed E-state index contributed by atoms with van der Waals surface area (Å²) in [7, 11) is -3.64. The van der Waals surface area contributed by atoms with Crippen molar-refractivity contribution in [3.8, 4) is 16.9 Å². The van der Waals surface area contributed by atoms with Gasteiger partial charge in [-0.15, -0.1) is 0 Å². The van der Waals surface area contributed by atoms with Crippen LogP contribution >= 0.6 is 0 Å². The van der Waals surface area contributed by atoms with E-state index in [-0.39, 0.29) is 22.8 Å². The Kier molecular flexibility index (Phi) is 6.06. The Labute approximate surface area is 182 Å². The van der Waals surface area contributed by atoms with Gasteiger partial charge in [-0.25, -0.2) is 8.42 Å². The summed E-state index contributed by atoms with van der Waals surface area (Å²) < 4.78 is 32.8. The van der Waals surface area contributed by atoms with Crippen LogP contribution in [0.5, 0.6) is 5.75 Å². The fraction of sp³-hybridized carbons (Fsp3) is 0.208. The van der Waals surface area contributed by atoms with E-state index in [0.717, 1.165) is 29.5 Å². The number of primary amides is 1. The molecule has 2 N–H and O–H groups in total. The topological polar surface area (TPSA) is 89.7 Å². The van der Waals surface area contributed by atoms with Crippen molar-refractivity contribution in [2.75, 3.05) is 13.1 Å². The standard InChI is InChI=1S/C24H24N2O4S/c25-24(27)22-16-21(31(28,29)26-14-4-5-15-26)12-13-23(22)30-17-18-8-10-20(11-9-18)19-6-2-1-3-7-19/h1-3,6-13,16H,4-5,14-15,17H2,(H2,25,27). The molecule has 7 heteroatoms. The van der Waals surface area contributed by atoms with Crippen molar-refractivity contribution in [1.29, 1.82) is 0 Å². The lowest BCUT2D eigenvalue weighted by molar-refractivity contribution is 0.0995. The summed E-state index contributed by atoms with van der Waals surface area (Å²) in [5.41, 5.74) is 8.70. The molecular formula is C24H24N2O4S. The van der Waals surface area contributed by atoms with Gasteiger partial charge in [0.25, 0.3) is 5.91 Å². The van der Waals surface area contributed by atoms with Gasteiger partial charge in [-0.1, -0.05) is 54.6 Å². The number of amides is 1. The summed E-state index contributed by atoms with van der Waals surface area (Å²) in [4.78, 5) is 12.0. The third kappa shape index (κ3) is 4.62. The molecule has 31 heavy (non-hydrogen) atoms. The van der Waals surface area contributed by atoms with Crippen molar-refractivity contribution in [3.63, 3.8) is 0 Å². The van der Waals surface area contributed by atoms with Gasteiger partial charge in [-0.2, -0.15) is 4.31 Å². The molecule has 1 aliphatic rings. The summed E-state index contributed by atoms with van der Waals surface area (Å²) in [5, 5.41) is 0. The van der Waals surface area contributed by atoms with Crippen LogP contribution in [0.4, 0.5) is 0 Å². The first-order valence-electron chi connectivity index (χ1n) is 10.2. The molecule has 0 atom stereocenters. The monoisotopic (exact) mass is 436 g/mol. The van der Waals surface area contributed by atoms with Gasteiger partial charge < -0.3 is 10.5 Å². The molecule has 160 valence electrons. The van der Waals surface area contributed by atoms with Crippen LogP contribution in [0.25, 0.3) is 11.1 Å². The van der Waals surface area contributed by atoms with E-state index in [1.54, 1.807) is 0 Å². The molecule has 0 saturated carbocycles. The minimum Gasteiger partial charge on any atom is -0.488 e. The van der Waals surface area contributed by atoms with Crippen molar-refractivity contribution >= 4 is 15.9 Å². The molecule has 3 aromatic rings. The number of sulfonamides is 1. The van der Waals surface area contributed by atoms with Crippen LogP contribution in [0.15, 0.2) is 77.7 Å². The first-order chi connectivity index (χ1) is 14.9. The SMILES string of the molecule is NC(=O)c1cc(S(=O)(=O)N2CCCC2)ccc1OCc1ccc(-c2ccccc2)cc1. The highest BCUT2D eigenvalue weighted by Crippen LogP contribution is 2.27. The number of hydrogen-bond donors (Lipinski definition) is 1. The van der Waals surface area contributed by atoms with Crippen LogP contribution in [0.1, 0.15) is 28.8 Å². The molecule has 0 aliphatic carbocycles. The summed E-state index contributed by atoms with van der Waals surface area (Å²) in [6.45, 7) is 1.21. The maximum absolute atomic E-state index is 12.8. The Morgan fingerprint density at radius 1 is 0.903 bits per heavy atom. The number of ether oxygens (including phenoxy) is 1. The van der Waals surface area contributed by atoms with E-state index in [1.807, 2.05) is 54.6 Å². The van der Waals surface area contributed by atoms with Crippen LogP contribution in [-0.2, 0) is 16.6 Å². The molecule has 1 heterocycles. The van der Waals surface area contributed by atoms with E-state index in [0.29, 0.717) is 13.1 Å². The van der Waals surface area contributed by atoms with Crippen molar-refractivity contribution in [2.24, 2.45) is 5.73 Å². The molecule has 1 fully saturated rings. The van der Waals surface area contributed by atoms with E-state index in [9.17, 15) is 13.2 Å². The van der Waals surface area contributed by atoms with Gasteiger partial charge in [0.15, 0.2) is 0 Å². The smallest absolute Gasteiger partial charge is 0.252 e. The molecule has 0 bridgehead atoms. The van der Waals surface area contributed by atoms with E-state index >= 15 is 0 Å². The second kappa shape index (κ2) is 8.91. The number of nitrogens with two attached hydrogens (primary N) is 1. The lowest BCUT2D eigenvalue weighted by atomic mass is 10.0. The lowest BCUT2D eigenvalue weighted by Gasteiger charge is -2.17. The molecular weight excluding hydrogens is 412 g/mol. The van der Waals surface area contributed by atoms with Crippen LogP contribution < -0.4 is 10.5 Å². The van der Waals surface area contributed by atoms with E-state index in [2.05, 4.69) is 0 Å². The van der Waals surface area contributed by atoms with Crippen molar-refractivity contribution in [1.82, 2.24) is 4.31 Å². The zero-order valence-electron chi connectivity index (χ0n) is 17.0. The Hall–Kier alpha value is -3.16. The van der Waals surface area contributed by atoms with E-state index < -0.39 is 15.9 Å². The van der Waals surface area contributed by atoms with Gasteiger partial charge in [-0.05, 0) is 47.7 Å². The third-order valence-electron chi connectivity index (χ3n) is 5.37. The van der Waals surface area contributed by atoms with Gasteiger partial charge in [0.2, 0.25) is 10.0 Å². The summed E-state index contributed by atoms with van der Waals surface area (Å²) in [6.07, 6.45) is 1.68. The second-order valence-corrected chi connectivity index (χ2v) is 9.42. The molecule has 3 aromatic carbocycles. The fourth-order valence-corrected chi connectivity index (χ4v) is 5.19. The molecule has 0 unspecified atom stereocenters. The fourth-order valence-electron chi connectivity index (χ4n) is 3.65. The largest absolute Gasteiger partial charge is 0.488 e. The second-order valence-electron chi connectivity index (χ2n) is 7.49. The van der Waals surface area contributed by atoms with Crippen molar-refractivity contribution in [2.45, 2.75) is 24.3 Å². The normalized spacial score (nSPS) is 14.5. The van der Waals surface area contributed by atoms with Crippen molar-refractivity contribution < 1.29 is 17.9 Å². The number of rotatable bonds is 7. The first-order valence-corrected chi connectivity index (χ1v) is 11.6. The van der Waals surface area contributed by atoms with E-state index in [1.165, 1.54) is 22.5 Å². The molecule has 1 saturated heterocycles. The molecule has 0 aromatic heterocycles. The Bertz CT molecular complexity index is 1170. The zero-order chi connectivity index (χ0) is 21.8. The zero-order valence-corrected chi connectivity index (χ0v) is 17.8. The third-order valence-corrected chi connectivity index (χ3v) is 7.27. The minimum absolute atomic E-state index is 0.0566. The lowest BCUT2D eigenvalue weighted by Crippen LogP contribution is -2.28. The van der Waals surface area contributed by atoms with Crippen LogP contribution in [0.3, 0.4) is 0 Å². The van der Waals surface area contributed by atoms with Crippen LogP contribution in [-0.4, -0.2) is 31.7 Å². The Morgan fingerprint density at radius 3 is 2.19 bits per heavy atom. The van der Waals surface area contributed by atoms with Gasteiger partial charge in [-0.3, -0.25) is 4.79 Å². The Balaban J connectivity index is 1.51. The highest BCUT2D eigenvalue weighted by atomic mass is 32.2. The molecule has 1 amide bonds. The van der Waals surface area contributed by atoms with Gasteiger partial charge in [0.05, 0.1) is 10.5 Å². The molecule has 0 radical (unpaired) electrons. The predicted octanol–water partition coefficient (Wildman–Crippen LogP) is 3.82. The summed E-state index contributed by atoms with van der Waals surface area (Å²) in [5.74, 6) is -0.465. The average Bonchev–Trinajstić information content (AvgIpc) is 3.34. The van der Waals surface area contributed by atoms with Gasteiger partial charge >= 0.3 is 0 Å². The summed E-state index contributed by atoms with van der Waals surface area (Å²) in [6, 6.07) is 22.3.